The van der Waals surface area contributed by atoms with E-state index in [0.717, 1.165) is 6.42 Å². The molecule has 0 fully saturated rings. The molecule has 0 saturated heterocycles. The fourth-order valence-electron chi connectivity index (χ4n) is 1.72. The number of hydrogen-bond donors (Lipinski definition) is 2. The number of benzene rings is 1. The average Bonchev–Trinajstić information content (AvgIpc) is 2.30. The fraction of sp³-hybridized carbons (Fsp3) is 0.500. The number of nitrogen functional groups attached to an aromatic ring is 1. The summed E-state index contributed by atoms with van der Waals surface area (Å²) >= 11 is 0. The van der Waals surface area contributed by atoms with Crippen LogP contribution in [0.2, 0.25) is 0 Å². The Morgan fingerprint density at radius 3 is 2.50 bits per heavy atom. The molecule has 0 aromatic heterocycles. The van der Waals surface area contributed by atoms with E-state index in [0.29, 0.717) is 11.3 Å². The topological polar surface area (TPSA) is 89.3 Å². The predicted octanol–water partition coefficient (Wildman–Crippen LogP) is 1.66. The highest BCUT2D eigenvalue weighted by Crippen LogP contribution is 2.21. The van der Waals surface area contributed by atoms with Crippen LogP contribution in [0, 0.1) is 6.92 Å². The van der Waals surface area contributed by atoms with Gasteiger partial charge in [-0.1, -0.05) is 13.0 Å². The second-order valence-electron chi connectivity index (χ2n) is 5.52. The van der Waals surface area contributed by atoms with Crippen molar-refractivity contribution in [1.82, 2.24) is 5.32 Å². The number of hydrogen-bond acceptors (Lipinski definition) is 4. The van der Waals surface area contributed by atoms with Crippen LogP contribution in [0.4, 0.5) is 5.69 Å². The highest BCUT2D eigenvalue weighted by atomic mass is 32.2. The van der Waals surface area contributed by atoms with E-state index in [1.807, 2.05) is 20.8 Å². The van der Waals surface area contributed by atoms with Crippen LogP contribution in [0.5, 0.6) is 0 Å². The Labute approximate surface area is 120 Å². The first-order chi connectivity index (χ1) is 9.09. The van der Waals surface area contributed by atoms with Crippen molar-refractivity contribution in [2.75, 3.05) is 11.5 Å². The highest BCUT2D eigenvalue weighted by molar-refractivity contribution is 7.92. The molecule has 112 valence electrons. The van der Waals surface area contributed by atoms with E-state index in [1.54, 1.807) is 19.1 Å². The minimum Gasteiger partial charge on any atom is -0.398 e. The van der Waals surface area contributed by atoms with E-state index in [9.17, 15) is 13.2 Å². The molecule has 0 atom stereocenters. The monoisotopic (exact) mass is 298 g/mol. The molecule has 6 heteroatoms. The van der Waals surface area contributed by atoms with Crippen LogP contribution in [-0.4, -0.2) is 25.6 Å². The van der Waals surface area contributed by atoms with Gasteiger partial charge in [0.15, 0.2) is 9.84 Å². The number of carbonyl (C=O) groups excluding carboxylic acids is 1. The van der Waals surface area contributed by atoms with Crippen LogP contribution in [0.1, 0.15) is 32.8 Å². The Bertz CT molecular complexity index is 607. The van der Waals surface area contributed by atoms with Gasteiger partial charge in [0, 0.05) is 11.2 Å². The van der Waals surface area contributed by atoms with Gasteiger partial charge in [0.2, 0.25) is 5.91 Å². The molecule has 0 bridgehead atoms. The lowest BCUT2D eigenvalue weighted by atomic mass is 10.0. The zero-order valence-corrected chi connectivity index (χ0v) is 13.2. The Balaban J connectivity index is 2.96. The Morgan fingerprint density at radius 1 is 1.35 bits per heavy atom. The first kappa shape index (κ1) is 16.5. The molecule has 0 radical (unpaired) electrons. The van der Waals surface area contributed by atoms with Crippen molar-refractivity contribution in [1.29, 1.82) is 0 Å². The number of sulfone groups is 1. The van der Waals surface area contributed by atoms with Crippen LogP contribution >= 0.6 is 0 Å². The third kappa shape index (κ3) is 3.96. The molecule has 1 aromatic carbocycles. The molecule has 3 N–H and O–H groups in total. The van der Waals surface area contributed by atoms with Gasteiger partial charge in [-0.25, -0.2) is 8.42 Å². The van der Waals surface area contributed by atoms with Gasteiger partial charge in [0.05, 0.1) is 4.90 Å². The summed E-state index contributed by atoms with van der Waals surface area (Å²) < 4.78 is 24.5. The van der Waals surface area contributed by atoms with Gasteiger partial charge in [-0.15, -0.1) is 0 Å². The lowest BCUT2D eigenvalue weighted by Crippen LogP contribution is -2.45. The number of anilines is 1. The number of nitrogens with one attached hydrogen (secondary N) is 1. The second-order valence-corrected chi connectivity index (χ2v) is 7.47. The normalized spacial score (nSPS) is 12.2. The molecular formula is C14H22N2O3S. The maximum Gasteiger partial charge on any atom is 0.235 e. The molecule has 0 heterocycles. The fourth-order valence-corrected chi connectivity index (χ4v) is 3.16. The van der Waals surface area contributed by atoms with Gasteiger partial charge in [-0.2, -0.15) is 0 Å². The zero-order valence-electron chi connectivity index (χ0n) is 12.4. The number of amides is 1. The lowest BCUT2D eigenvalue weighted by molar-refractivity contribution is -0.120. The first-order valence-electron chi connectivity index (χ1n) is 6.48. The van der Waals surface area contributed by atoms with Gasteiger partial charge in [0.1, 0.15) is 5.75 Å². The minimum atomic E-state index is -3.69. The van der Waals surface area contributed by atoms with Crippen LogP contribution in [0.15, 0.2) is 23.1 Å². The minimum absolute atomic E-state index is 0.113. The molecule has 1 rings (SSSR count). The summed E-state index contributed by atoms with van der Waals surface area (Å²) in [6, 6.07) is 4.68. The summed E-state index contributed by atoms with van der Waals surface area (Å²) in [4.78, 5) is 12.0. The molecule has 20 heavy (non-hydrogen) atoms. The molecule has 0 unspecified atom stereocenters. The van der Waals surface area contributed by atoms with Crippen molar-refractivity contribution < 1.29 is 13.2 Å². The lowest BCUT2D eigenvalue weighted by Gasteiger charge is -2.24. The smallest absolute Gasteiger partial charge is 0.235 e. The van der Waals surface area contributed by atoms with E-state index in [2.05, 4.69) is 5.32 Å². The summed E-state index contributed by atoms with van der Waals surface area (Å²) in [6.45, 7) is 7.26. The standard InChI is InChI=1S/C14H22N2O3S/c1-5-14(3,4)16-13(17)9-20(18,19)12-8-6-7-11(15)10(12)2/h6-8H,5,9,15H2,1-4H3,(H,16,17). The molecule has 1 amide bonds. The molecule has 0 aliphatic heterocycles. The third-order valence-corrected chi connectivity index (χ3v) is 5.10. The van der Waals surface area contributed by atoms with Crippen molar-refractivity contribution in [3.8, 4) is 0 Å². The van der Waals surface area contributed by atoms with Gasteiger partial charge < -0.3 is 11.1 Å². The molecular weight excluding hydrogens is 276 g/mol. The highest BCUT2D eigenvalue weighted by Gasteiger charge is 2.25. The van der Waals surface area contributed by atoms with Crippen molar-refractivity contribution in [3.05, 3.63) is 23.8 Å². The molecule has 0 spiro atoms. The molecule has 5 nitrogen and oxygen atoms in total. The van der Waals surface area contributed by atoms with E-state index >= 15 is 0 Å². The van der Waals surface area contributed by atoms with Gasteiger partial charge in [0.25, 0.3) is 0 Å². The number of nitrogens with two attached hydrogens (primary N) is 1. The van der Waals surface area contributed by atoms with Gasteiger partial charge in [-0.05, 0) is 44.9 Å². The second kappa shape index (κ2) is 5.83. The van der Waals surface area contributed by atoms with E-state index in [-0.39, 0.29) is 4.90 Å². The van der Waals surface area contributed by atoms with Crippen LogP contribution in [0.25, 0.3) is 0 Å². The summed E-state index contributed by atoms with van der Waals surface area (Å²) in [7, 11) is -3.69. The van der Waals surface area contributed by atoms with Crippen LogP contribution < -0.4 is 11.1 Å². The summed E-state index contributed by atoms with van der Waals surface area (Å²) in [5, 5.41) is 2.72. The molecule has 0 aliphatic rings. The Kier molecular flexibility index (Phi) is 4.81. The maximum atomic E-state index is 12.3. The number of rotatable bonds is 5. The molecule has 1 aromatic rings. The van der Waals surface area contributed by atoms with E-state index in [1.165, 1.54) is 6.07 Å². The van der Waals surface area contributed by atoms with E-state index in [4.69, 9.17) is 5.73 Å². The quantitative estimate of drug-likeness (QED) is 0.809. The predicted molar refractivity (Wildman–Crippen MR) is 80.2 cm³/mol. The van der Waals surface area contributed by atoms with Crippen molar-refractivity contribution in [2.24, 2.45) is 0 Å². The van der Waals surface area contributed by atoms with Crippen LogP contribution in [0.3, 0.4) is 0 Å². The number of carbonyl (C=O) groups is 1. The van der Waals surface area contributed by atoms with Crippen LogP contribution in [-0.2, 0) is 14.6 Å². The SMILES string of the molecule is CCC(C)(C)NC(=O)CS(=O)(=O)c1cccc(N)c1C. The van der Waals surface area contributed by atoms with Crippen molar-refractivity contribution in [3.63, 3.8) is 0 Å². The van der Waals surface area contributed by atoms with Crippen molar-refractivity contribution >= 4 is 21.4 Å². The third-order valence-electron chi connectivity index (χ3n) is 3.34. The maximum absolute atomic E-state index is 12.3. The summed E-state index contributed by atoms with van der Waals surface area (Å²) in [5.74, 6) is -1.07. The molecule has 0 aliphatic carbocycles. The van der Waals surface area contributed by atoms with Crippen molar-refractivity contribution in [2.45, 2.75) is 44.6 Å². The first-order valence-corrected chi connectivity index (χ1v) is 8.13. The Morgan fingerprint density at radius 2 is 1.95 bits per heavy atom. The largest absolute Gasteiger partial charge is 0.398 e. The summed E-state index contributed by atoms with van der Waals surface area (Å²) in [6.07, 6.45) is 0.718. The van der Waals surface area contributed by atoms with Gasteiger partial charge in [-0.3, -0.25) is 4.79 Å². The summed E-state index contributed by atoms with van der Waals surface area (Å²) in [5.41, 5.74) is 6.17. The average molecular weight is 298 g/mol. The molecule has 0 saturated carbocycles. The zero-order chi connectivity index (χ0) is 15.6. The van der Waals surface area contributed by atoms with Gasteiger partial charge >= 0.3 is 0 Å². The Hall–Kier alpha value is -1.56. The van der Waals surface area contributed by atoms with E-state index < -0.39 is 27.0 Å².